The highest BCUT2D eigenvalue weighted by molar-refractivity contribution is 5.04. The number of hydrogen-bond acceptors (Lipinski definition) is 1. The average molecular weight is 94.1 g/mol. The Bertz CT molecular complexity index is 103. The van der Waals surface area contributed by atoms with Crippen molar-refractivity contribution in [1.82, 2.24) is 4.90 Å². The number of hydrogen-bond donors (Lipinski definition) is 0. The number of nitrogens with zero attached hydrogens (tertiary/aromatic N) is 1. The Morgan fingerprint density at radius 2 is 2.57 bits per heavy atom. The van der Waals surface area contributed by atoms with Gasteiger partial charge in [0.15, 0.2) is 0 Å². The molecule has 1 radical (unpaired) electrons. The number of rotatable bonds is 0. The molecule has 0 bridgehead atoms. The van der Waals surface area contributed by atoms with Gasteiger partial charge in [-0.15, -0.1) is 0 Å². The summed E-state index contributed by atoms with van der Waals surface area (Å²) in [5.74, 6) is 0. The highest BCUT2D eigenvalue weighted by Crippen LogP contribution is 1.90. The number of likely N-dealkylation sites (N-methyl/N-ethyl adjacent to an activating group) is 1. The maximum atomic E-state index is 3.00. The van der Waals surface area contributed by atoms with Crippen LogP contribution in [-0.2, 0) is 0 Å². The predicted octanol–water partition coefficient (Wildman–Crippen LogP) is 0.805. The lowest BCUT2D eigenvalue weighted by molar-refractivity contribution is 0.482. The first kappa shape index (κ1) is 4.44. The van der Waals surface area contributed by atoms with Crippen LogP contribution in [0, 0.1) is 6.20 Å². The first-order chi connectivity index (χ1) is 3.39. The minimum absolute atomic E-state index is 0.997. The van der Waals surface area contributed by atoms with E-state index in [1.807, 2.05) is 24.1 Å². The monoisotopic (exact) mass is 94.1 g/mol. The van der Waals surface area contributed by atoms with E-state index in [4.69, 9.17) is 0 Å². The molecule has 1 rings (SSSR count). The fraction of sp³-hybridized carbons (Fsp3) is 0.333. The molecule has 0 fully saturated rings. The van der Waals surface area contributed by atoms with E-state index in [2.05, 4.69) is 12.3 Å². The van der Waals surface area contributed by atoms with Crippen LogP contribution >= 0.6 is 0 Å². The molecule has 0 aromatic heterocycles. The van der Waals surface area contributed by atoms with Crippen molar-refractivity contribution in [2.24, 2.45) is 0 Å². The van der Waals surface area contributed by atoms with Gasteiger partial charge in [-0.1, -0.05) is 12.2 Å². The van der Waals surface area contributed by atoms with E-state index >= 15 is 0 Å². The Balaban J connectivity index is 2.49. The van der Waals surface area contributed by atoms with E-state index in [1.165, 1.54) is 0 Å². The first-order valence-electron chi connectivity index (χ1n) is 2.35. The van der Waals surface area contributed by atoms with Gasteiger partial charge >= 0.3 is 0 Å². The molecule has 1 aliphatic rings. The lowest BCUT2D eigenvalue weighted by Crippen LogP contribution is -2.12. The van der Waals surface area contributed by atoms with Crippen LogP contribution in [0.2, 0.25) is 0 Å². The SMILES string of the molecule is CN1[C]=CC=CC1. The first-order valence-corrected chi connectivity index (χ1v) is 2.35. The summed E-state index contributed by atoms with van der Waals surface area (Å²) in [5, 5.41) is 0. The summed E-state index contributed by atoms with van der Waals surface area (Å²) in [7, 11) is 2.00. The third-order valence-corrected chi connectivity index (χ3v) is 0.907. The normalized spacial score (nSPS) is 18.1. The lowest BCUT2D eigenvalue weighted by Gasteiger charge is -2.10. The molecule has 37 valence electrons. The second-order valence-electron chi connectivity index (χ2n) is 1.60. The molecule has 0 amide bonds. The Morgan fingerprint density at radius 1 is 1.71 bits per heavy atom. The van der Waals surface area contributed by atoms with Gasteiger partial charge in [-0.05, 0) is 6.08 Å². The summed E-state index contributed by atoms with van der Waals surface area (Å²) >= 11 is 0. The van der Waals surface area contributed by atoms with Gasteiger partial charge in [-0.2, -0.15) is 0 Å². The van der Waals surface area contributed by atoms with Crippen molar-refractivity contribution in [2.45, 2.75) is 0 Å². The molecule has 0 aromatic carbocycles. The number of allylic oxidation sites excluding steroid dienone is 2. The topological polar surface area (TPSA) is 3.24 Å². The van der Waals surface area contributed by atoms with E-state index in [9.17, 15) is 0 Å². The zero-order valence-corrected chi connectivity index (χ0v) is 4.39. The van der Waals surface area contributed by atoms with Crippen LogP contribution in [0.1, 0.15) is 0 Å². The van der Waals surface area contributed by atoms with Crippen LogP contribution in [0.25, 0.3) is 0 Å². The molecule has 0 saturated carbocycles. The molecule has 1 heterocycles. The molecule has 0 spiro atoms. The summed E-state index contributed by atoms with van der Waals surface area (Å²) < 4.78 is 0. The molecule has 0 N–H and O–H groups in total. The third-order valence-electron chi connectivity index (χ3n) is 0.907. The van der Waals surface area contributed by atoms with Crippen LogP contribution < -0.4 is 0 Å². The second kappa shape index (κ2) is 1.82. The Hall–Kier alpha value is -0.720. The van der Waals surface area contributed by atoms with Crippen molar-refractivity contribution < 1.29 is 0 Å². The quantitative estimate of drug-likeness (QED) is 0.429. The summed E-state index contributed by atoms with van der Waals surface area (Å²) in [6.45, 7) is 0.997. The van der Waals surface area contributed by atoms with Crippen LogP contribution in [-0.4, -0.2) is 18.5 Å². The van der Waals surface area contributed by atoms with Gasteiger partial charge in [0.25, 0.3) is 0 Å². The molecule has 0 saturated heterocycles. The van der Waals surface area contributed by atoms with Crippen molar-refractivity contribution in [1.29, 1.82) is 0 Å². The van der Waals surface area contributed by atoms with Crippen molar-refractivity contribution in [2.75, 3.05) is 13.6 Å². The van der Waals surface area contributed by atoms with Gasteiger partial charge in [0, 0.05) is 13.6 Å². The standard InChI is InChI=1S/C6H8N/c1-7-5-3-2-4-6-7/h2-4H,5H2,1H3. The Kier molecular flexibility index (Phi) is 1.16. The van der Waals surface area contributed by atoms with Gasteiger partial charge in [0.1, 0.15) is 0 Å². The molecule has 0 atom stereocenters. The smallest absolute Gasteiger partial charge is 0.0604 e. The minimum Gasteiger partial charge on any atom is -0.369 e. The molecule has 1 nitrogen and oxygen atoms in total. The zero-order valence-electron chi connectivity index (χ0n) is 4.39. The predicted molar refractivity (Wildman–Crippen MR) is 29.6 cm³/mol. The molecular weight excluding hydrogens is 86.1 g/mol. The Labute approximate surface area is 43.9 Å². The summed E-state index contributed by atoms with van der Waals surface area (Å²) in [6, 6.07) is 0. The fourth-order valence-electron chi connectivity index (χ4n) is 0.510. The lowest BCUT2D eigenvalue weighted by atomic mass is 10.4. The van der Waals surface area contributed by atoms with Crippen LogP contribution in [0.15, 0.2) is 18.2 Å². The third kappa shape index (κ3) is 1.07. The molecule has 0 unspecified atom stereocenters. The highest BCUT2D eigenvalue weighted by Gasteiger charge is 1.87. The molecule has 0 aromatic rings. The zero-order chi connectivity index (χ0) is 5.11. The molecule has 1 aliphatic heterocycles. The van der Waals surface area contributed by atoms with Gasteiger partial charge in [-0.3, -0.25) is 0 Å². The summed E-state index contributed by atoms with van der Waals surface area (Å²) in [5.41, 5.74) is 0. The van der Waals surface area contributed by atoms with Gasteiger partial charge in [0.05, 0.1) is 6.20 Å². The fourth-order valence-corrected chi connectivity index (χ4v) is 0.510. The second-order valence-corrected chi connectivity index (χ2v) is 1.60. The van der Waals surface area contributed by atoms with Crippen LogP contribution in [0.3, 0.4) is 0 Å². The maximum absolute atomic E-state index is 3.00. The van der Waals surface area contributed by atoms with E-state index in [-0.39, 0.29) is 0 Å². The molecule has 7 heavy (non-hydrogen) atoms. The molecule has 1 heteroatoms. The van der Waals surface area contributed by atoms with E-state index < -0.39 is 0 Å². The van der Waals surface area contributed by atoms with Gasteiger partial charge in [-0.25, -0.2) is 0 Å². The molecular formula is C6H8N. The van der Waals surface area contributed by atoms with E-state index in [1.54, 1.807) is 0 Å². The van der Waals surface area contributed by atoms with Crippen molar-refractivity contribution >= 4 is 0 Å². The van der Waals surface area contributed by atoms with Gasteiger partial charge < -0.3 is 4.90 Å². The van der Waals surface area contributed by atoms with Crippen LogP contribution in [0.5, 0.6) is 0 Å². The minimum atomic E-state index is 0.997. The van der Waals surface area contributed by atoms with Crippen LogP contribution in [0.4, 0.5) is 0 Å². The van der Waals surface area contributed by atoms with Gasteiger partial charge in [0.2, 0.25) is 0 Å². The molecule has 0 aliphatic carbocycles. The van der Waals surface area contributed by atoms with E-state index in [0.717, 1.165) is 6.54 Å². The van der Waals surface area contributed by atoms with Crippen molar-refractivity contribution in [3.63, 3.8) is 0 Å². The van der Waals surface area contributed by atoms with Crippen molar-refractivity contribution in [3.05, 3.63) is 24.4 Å². The summed E-state index contributed by atoms with van der Waals surface area (Å²) in [6.07, 6.45) is 9.00. The van der Waals surface area contributed by atoms with E-state index in [0.29, 0.717) is 0 Å². The average Bonchev–Trinajstić information content (AvgIpc) is 1.69. The largest absolute Gasteiger partial charge is 0.369 e. The van der Waals surface area contributed by atoms with Crippen molar-refractivity contribution in [3.8, 4) is 0 Å². The maximum Gasteiger partial charge on any atom is 0.0604 e. The summed E-state index contributed by atoms with van der Waals surface area (Å²) in [4.78, 5) is 2.00. The highest BCUT2D eigenvalue weighted by atomic mass is 15.1. The Morgan fingerprint density at radius 3 is 2.86 bits per heavy atom.